The van der Waals surface area contributed by atoms with Gasteiger partial charge in [0, 0.05) is 16.9 Å². The summed E-state index contributed by atoms with van der Waals surface area (Å²) in [7, 11) is 2.75. The van der Waals surface area contributed by atoms with Crippen molar-refractivity contribution in [3.05, 3.63) is 54.7 Å². The van der Waals surface area contributed by atoms with Gasteiger partial charge < -0.3 is 11.5 Å². The van der Waals surface area contributed by atoms with Crippen LogP contribution in [0, 0.1) is 7.14 Å². The minimum Gasteiger partial charge on any atom is -0.366 e. The number of rotatable bonds is 5. The van der Waals surface area contributed by atoms with Crippen LogP contribution in [0.1, 0.15) is 20.7 Å². The van der Waals surface area contributed by atoms with Gasteiger partial charge in [-0.2, -0.15) is 0 Å². The van der Waals surface area contributed by atoms with Crippen molar-refractivity contribution in [3.63, 3.8) is 0 Å². The molecule has 0 heterocycles. The Hall–Kier alpha value is -0.460. The highest BCUT2D eigenvalue weighted by molar-refractivity contribution is 14.1. The predicted octanol–water partition coefficient (Wildman–Crippen LogP) is 3.89. The molecule has 4 N–H and O–H groups in total. The second-order valence-corrected chi connectivity index (χ2v) is 8.88. The first kappa shape index (κ1) is 17.9. The maximum absolute atomic E-state index is 11.5. The van der Waals surface area contributed by atoms with Crippen molar-refractivity contribution in [2.75, 3.05) is 0 Å². The highest BCUT2D eigenvalue weighted by atomic mass is 127. The Balaban J connectivity index is 2.28. The van der Waals surface area contributed by atoms with E-state index in [-0.39, 0.29) is 0 Å². The quantitative estimate of drug-likeness (QED) is 0.433. The number of hydrogen-bond acceptors (Lipinski definition) is 4. The van der Waals surface area contributed by atoms with Crippen molar-refractivity contribution in [2.24, 2.45) is 11.5 Å². The minimum absolute atomic E-state index is 0.468. The molecule has 0 aliphatic rings. The van der Waals surface area contributed by atoms with E-state index in [2.05, 4.69) is 45.2 Å². The lowest BCUT2D eigenvalue weighted by Crippen LogP contribution is -2.12. The summed E-state index contributed by atoms with van der Waals surface area (Å²) in [6, 6.07) is 11.0. The molecule has 0 aliphatic heterocycles. The number of nitrogens with two attached hydrogens (primary N) is 2. The fourth-order valence-corrected chi connectivity index (χ4v) is 4.94. The molecule has 2 aromatic rings. The van der Waals surface area contributed by atoms with E-state index >= 15 is 0 Å². The van der Waals surface area contributed by atoms with Crippen LogP contribution in [0.3, 0.4) is 0 Å². The first-order valence-corrected chi connectivity index (χ1v) is 10.2. The first-order valence-electron chi connectivity index (χ1n) is 5.91. The van der Waals surface area contributed by atoms with Gasteiger partial charge in [-0.3, -0.25) is 9.59 Å². The fourth-order valence-electron chi connectivity index (χ4n) is 1.62. The normalized spacial score (nSPS) is 10.5. The third kappa shape index (κ3) is 4.52. The van der Waals surface area contributed by atoms with Crippen molar-refractivity contribution >= 4 is 78.6 Å². The highest BCUT2D eigenvalue weighted by Gasteiger charge is 2.13. The molecular formula is C14H10I2N2O2S2. The fraction of sp³-hybridized carbons (Fsp3) is 0. The summed E-state index contributed by atoms with van der Waals surface area (Å²) in [5, 5.41) is 0. The monoisotopic (exact) mass is 556 g/mol. The van der Waals surface area contributed by atoms with Crippen LogP contribution in [-0.4, -0.2) is 11.8 Å². The van der Waals surface area contributed by atoms with Crippen LogP contribution in [-0.2, 0) is 0 Å². The van der Waals surface area contributed by atoms with Crippen LogP contribution in [0.15, 0.2) is 46.2 Å². The van der Waals surface area contributed by atoms with Crippen LogP contribution < -0.4 is 11.5 Å². The van der Waals surface area contributed by atoms with Gasteiger partial charge in [-0.05, 0) is 81.6 Å². The lowest BCUT2D eigenvalue weighted by molar-refractivity contribution is 0.0989. The van der Waals surface area contributed by atoms with Gasteiger partial charge in [0.15, 0.2) is 0 Å². The second-order valence-electron chi connectivity index (χ2n) is 4.18. The Labute approximate surface area is 162 Å². The summed E-state index contributed by atoms with van der Waals surface area (Å²) in [6.07, 6.45) is 0. The number of amides is 2. The average molecular weight is 556 g/mol. The Kier molecular flexibility index (Phi) is 6.41. The molecule has 114 valence electrons. The van der Waals surface area contributed by atoms with E-state index in [0.717, 1.165) is 16.9 Å². The smallest absolute Gasteiger partial charge is 0.249 e. The van der Waals surface area contributed by atoms with E-state index in [1.165, 1.54) is 21.6 Å². The largest absolute Gasteiger partial charge is 0.366 e. The van der Waals surface area contributed by atoms with Crippen LogP contribution >= 0.6 is 66.8 Å². The van der Waals surface area contributed by atoms with Gasteiger partial charge in [0.2, 0.25) is 11.8 Å². The number of carbonyl (C=O) groups is 2. The van der Waals surface area contributed by atoms with Gasteiger partial charge in [0.05, 0.1) is 11.1 Å². The van der Waals surface area contributed by atoms with Crippen molar-refractivity contribution in [3.8, 4) is 0 Å². The zero-order chi connectivity index (χ0) is 16.3. The Bertz CT molecular complexity index is 690. The molecule has 2 rings (SSSR count). The Morgan fingerprint density at radius 1 is 0.773 bits per heavy atom. The summed E-state index contributed by atoms with van der Waals surface area (Å²) in [5.41, 5.74) is 11.8. The van der Waals surface area contributed by atoms with E-state index in [0.29, 0.717) is 11.1 Å². The average Bonchev–Trinajstić information content (AvgIpc) is 2.46. The van der Waals surface area contributed by atoms with Crippen LogP contribution in [0.5, 0.6) is 0 Å². The number of hydrogen-bond donors (Lipinski definition) is 2. The predicted molar refractivity (Wildman–Crippen MR) is 107 cm³/mol. The molecule has 0 aromatic heterocycles. The molecule has 0 spiro atoms. The number of primary amides is 2. The summed E-state index contributed by atoms with van der Waals surface area (Å²) in [6.45, 7) is 0. The first-order chi connectivity index (χ1) is 10.4. The molecule has 0 atom stereocenters. The number of benzene rings is 2. The SMILES string of the molecule is NC(=O)c1cc(I)ccc1SSc1ccc(I)cc1C(N)=O. The molecule has 0 aliphatic carbocycles. The van der Waals surface area contributed by atoms with Crippen LogP contribution in [0.2, 0.25) is 0 Å². The highest BCUT2D eigenvalue weighted by Crippen LogP contribution is 2.41. The van der Waals surface area contributed by atoms with Gasteiger partial charge in [-0.1, -0.05) is 21.6 Å². The summed E-state index contributed by atoms with van der Waals surface area (Å²) in [4.78, 5) is 24.6. The van der Waals surface area contributed by atoms with Crippen molar-refractivity contribution in [2.45, 2.75) is 9.79 Å². The third-order valence-electron chi connectivity index (χ3n) is 2.64. The van der Waals surface area contributed by atoms with E-state index < -0.39 is 11.8 Å². The van der Waals surface area contributed by atoms with Crippen LogP contribution in [0.25, 0.3) is 0 Å². The Morgan fingerprint density at radius 2 is 1.14 bits per heavy atom. The topological polar surface area (TPSA) is 86.2 Å². The summed E-state index contributed by atoms with van der Waals surface area (Å²) >= 11 is 4.25. The molecule has 0 fully saturated rings. The molecule has 0 unspecified atom stereocenters. The maximum Gasteiger partial charge on any atom is 0.249 e. The maximum atomic E-state index is 11.5. The molecule has 2 amide bonds. The van der Waals surface area contributed by atoms with Gasteiger partial charge >= 0.3 is 0 Å². The lowest BCUT2D eigenvalue weighted by Gasteiger charge is -2.09. The standard InChI is InChI=1S/C14H10I2N2O2S2/c15-7-1-3-11(9(5-7)13(17)19)21-22-12-4-2-8(16)6-10(12)14(18)20/h1-6H,(H2,17,19)(H2,18,20). The van der Waals surface area contributed by atoms with Gasteiger partial charge in [-0.25, -0.2) is 0 Å². The van der Waals surface area contributed by atoms with E-state index in [1.807, 2.05) is 24.3 Å². The number of halogens is 2. The number of carbonyl (C=O) groups excluding carboxylic acids is 2. The van der Waals surface area contributed by atoms with E-state index in [1.54, 1.807) is 12.1 Å². The van der Waals surface area contributed by atoms with Crippen molar-refractivity contribution in [1.29, 1.82) is 0 Å². The molecule has 8 heteroatoms. The molecule has 2 aromatic carbocycles. The van der Waals surface area contributed by atoms with Gasteiger partial charge in [0.25, 0.3) is 0 Å². The molecule has 0 saturated carbocycles. The molecule has 0 radical (unpaired) electrons. The Morgan fingerprint density at radius 3 is 1.45 bits per heavy atom. The summed E-state index contributed by atoms with van der Waals surface area (Å²) in [5.74, 6) is -0.946. The van der Waals surface area contributed by atoms with Gasteiger partial charge in [0.1, 0.15) is 0 Å². The van der Waals surface area contributed by atoms with Crippen molar-refractivity contribution < 1.29 is 9.59 Å². The minimum atomic E-state index is -0.473. The van der Waals surface area contributed by atoms with E-state index in [4.69, 9.17) is 11.5 Å². The molecule has 0 saturated heterocycles. The zero-order valence-corrected chi connectivity index (χ0v) is 17.0. The van der Waals surface area contributed by atoms with E-state index in [9.17, 15) is 9.59 Å². The zero-order valence-electron chi connectivity index (χ0n) is 11.0. The second kappa shape index (κ2) is 7.88. The van der Waals surface area contributed by atoms with Gasteiger partial charge in [-0.15, -0.1) is 0 Å². The van der Waals surface area contributed by atoms with Crippen LogP contribution in [0.4, 0.5) is 0 Å². The summed E-state index contributed by atoms with van der Waals surface area (Å²) < 4.78 is 1.88. The molecule has 4 nitrogen and oxygen atoms in total. The molecule has 0 bridgehead atoms. The van der Waals surface area contributed by atoms with Crippen molar-refractivity contribution in [1.82, 2.24) is 0 Å². The third-order valence-corrected chi connectivity index (χ3v) is 6.46. The molecule has 22 heavy (non-hydrogen) atoms. The molecular weight excluding hydrogens is 546 g/mol. The lowest BCUT2D eigenvalue weighted by atomic mass is 10.2.